The van der Waals surface area contributed by atoms with Gasteiger partial charge in [-0.1, -0.05) is 60.7 Å². The molecule has 0 saturated carbocycles. The average Bonchev–Trinajstić information content (AvgIpc) is 2.76. The lowest BCUT2D eigenvalue weighted by molar-refractivity contribution is -0.139. The van der Waals surface area contributed by atoms with Crippen LogP contribution in [0.5, 0.6) is 0 Å². The summed E-state index contributed by atoms with van der Waals surface area (Å²) < 4.78 is 10.4. The van der Waals surface area contributed by atoms with Gasteiger partial charge in [0, 0.05) is 6.54 Å². The molecule has 4 N–H and O–H groups in total. The Morgan fingerprint density at radius 1 is 0.900 bits per heavy atom. The van der Waals surface area contributed by atoms with Crippen LogP contribution >= 0.6 is 0 Å². The first-order valence-electron chi connectivity index (χ1n) is 9.74. The molecule has 1 atom stereocenters. The Hall–Kier alpha value is -3.55. The van der Waals surface area contributed by atoms with Gasteiger partial charge in [-0.05, 0) is 30.4 Å². The largest absolute Gasteiger partial charge is 0.480 e. The Kier molecular flexibility index (Phi) is 9.72. The summed E-state index contributed by atoms with van der Waals surface area (Å²) >= 11 is 0. The predicted octanol–water partition coefficient (Wildman–Crippen LogP) is 3.28. The number of carbonyl (C=O) groups excluding carboxylic acids is 1. The number of carboxylic acid groups (broad SMARTS) is 1. The van der Waals surface area contributed by atoms with Crippen LogP contribution in [-0.4, -0.2) is 35.8 Å². The second-order valence-corrected chi connectivity index (χ2v) is 6.62. The zero-order valence-electron chi connectivity index (χ0n) is 16.7. The summed E-state index contributed by atoms with van der Waals surface area (Å²) in [6, 6.07) is 17.5. The minimum atomic E-state index is -1.06. The minimum Gasteiger partial charge on any atom is -0.480 e. The number of carboxylic acids is 1. The average molecular weight is 413 g/mol. The molecule has 0 aliphatic rings. The molecule has 0 aliphatic carbocycles. The monoisotopic (exact) mass is 413 g/mol. The fourth-order valence-electron chi connectivity index (χ4n) is 2.63. The van der Waals surface area contributed by atoms with Crippen LogP contribution in [0.15, 0.2) is 60.7 Å². The molecule has 2 aromatic carbocycles. The number of nitrogens with one attached hydrogen (secondary N) is 3. The highest BCUT2D eigenvalue weighted by molar-refractivity contribution is 5.80. The van der Waals surface area contributed by atoms with Crippen LogP contribution in [0.2, 0.25) is 0 Å². The maximum absolute atomic E-state index is 11.7. The van der Waals surface area contributed by atoms with Gasteiger partial charge in [-0.2, -0.15) is 0 Å². The number of unbranched alkanes of at least 4 members (excludes halogenated alkanes) is 1. The zero-order chi connectivity index (χ0) is 21.6. The Bertz CT molecular complexity index is 799. The van der Waals surface area contributed by atoms with E-state index in [9.17, 15) is 14.7 Å². The van der Waals surface area contributed by atoms with Crippen LogP contribution in [0.1, 0.15) is 30.4 Å². The van der Waals surface area contributed by atoms with Crippen LogP contribution < -0.4 is 10.6 Å². The lowest BCUT2D eigenvalue weighted by atomic mass is 10.1. The van der Waals surface area contributed by atoms with Crippen molar-refractivity contribution in [3.63, 3.8) is 0 Å². The van der Waals surface area contributed by atoms with Gasteiger partial charge < -0.3 is 25.2 Å². The van der Waals surface area contributed by atoms with Crippen LogP contribution in [0.4, 0.5) is 4.79 Å². The third-order valence-electron chi connectivity index (χ3n) is 4.23. The Balaban J connectivity index is 1.59. The van der Waals surface area contributed by atoms with Gasteiger partial charge in [-0.15, -0.1) is 0 Å². The normalized spacial score (nSPS) is 11.2. The molecule has 0 aromatic heterocycles. The van der Waals surface area contributed by atoms with E-state index in [-0.39, 0.29) is 19.2 Å². The smallest absolute Gasteiger partial charge is 0.407 e. The van der Waals surface area contributed by atoms with Gasteiger partial charge >= 0.3 is 12.1 Å². The maximum atomic E-state index is 11.7. The number of alkyl carbamates (subject to hydrolysis) is 1. The number of amides is 1. The molecule has 0 saturated heterocycles. The van der Waals surface area contributed by atoms with Crippen LogP contribution in [0.3, 0.4) is 0 Å². The molecule has 0 radical (unpaired) electrons. The van der Waals surface area contributed by atoms with Gasteiger partial charge in [0.2, 0.25) is 0 Å². The number of hydrogen-bond acceptors (Lipinski definition) is 5. The minimum absolute atomic E-state index is 0.189. The van der Waals surface area contributed by atoms with Gasteiger partial charge in [-0.3, -0.25) is 5.41 Å². The third kappa shape index (κ3) is 9.09. The molecule has 0 aliphatic heterocycles. The number of benzene rings is 2. The first kappa shape index (κ1) is 22.7. The van der Waals surface area contributed by atoms with Gasteiger partial charge in [0.15, 0.2) is 0 Å². The SMILES string of the molecule is N=C(N[C@@H](CCCCNC(=O)OCc1ccccc1)C(=O)O)OCc1ccccc1. The highest BCUT2D eigenvalue weighted by Crippen LogP contribution is 2.04. The first-order chi connectivity index (χ1) is 14.5. The van der Waals surface area contributed by atoms with Crippen molar-refractivity contribution in [1.29, 1.82) is 5.41 Å². The highest BCUT2D eigenvalue weighted by atomic mass is 16.5. The standard InChI is InChI=1S/C22H27N3O5/c23-21(29-15-17-9-3-1-4-10-17)25-19(20(26)27)13-7-8-14-24-22(28)30-16-18-11-5-2-6-12-18/h1-6,9-12,19H,7-8,13-16H2,(H2,23,25)(H,24,28)(H,26,27)/t19-/m0/s1. The molecule has 0 spiro atoms. The van der Waals surface area contributed by atoms with E-state index < -0.39 is 18.1 Å². The third-order valence-corrected chi connectivity index (χ3v) is 4.23. The van der Waals surface area contributed by atoms with Crippen LogP contribution in [0.25, 0.3) is 0 Å². The molecule has 2 rings (SSSR count). The molecule has 0 heterocycles. The van der Waals surface area contributed by atoms with Gasteiger partial charge in [0.05, 0.1) is 0 Å². The van der Waals surface area contributed by atoms with E-state index in [1.54, 1.807) is 0 Å². The summed E-state index contributed by atoms with van der Waals surface area (Å²) in [6.07, 6.45) is 0.925. The molecule has 8 nitrogen and oxygen atoms in total. The quantitative estimate of drug-likeness (QED) is 0.255. The summed E-state index contributed by atoms with van der Waals surface area (Å²) in [5, 5.41) is 22.3. The summed E-state index contributed by atoms with van der Waals surface area (Å²) in [5.41, 5.74) is 1.79. The number of aliphatic carboxylic acids is 1. The highest BCUT2D eigenvalue weighted by Gasteiger charge is 2.18. The molecule has 160 valence electrons. The van der Waals surface area contributed by atoms with E-state index in [0.29, 0.717) is 25.8 Å². The summed E-state index contributed by atoms with van der Waals surface area (Å²) in [6.45, 7) is 0.763. The molecule has 0 unspecified atom stereocenters. The van der Waals surface area contributed by atoms with Crippen molar-refractivity contribution in [2.45, 2.75) is 38.5 Å². The van der Waals surface area contributed by atoms with E-state index in [4.69, 9.17) is 14.9 Å². The number of rotatable bonds is 11. The Morgan fingerprint density at radius 3 is 2.03 bits per heavy atom. The van der Waals surface area contributed by atoms with Crippen molar-refractivity contribution in [3.8, 4) is 0 Å². The lowest BCUT2D eigenvalue weighted by Crippen LogP contribution is -2.41. The second-order valence-electron chi connectivity index (χ2n) is 6.62. The molecular weight excluding hydrogens is 386 g/mol. The lowest BCUT2D eigenvalue weighted by Gasteiger charge is -2.16. The molecule has 8 heteroatoms. The first-order valence-corrected chi connectivity index (χ1v) is 9.74. The number of hydrogen-bond donors (Lipinski definition) is 4. The van der Waals surface area contributed by atoms with Crippen LogP contribution in [0, 0.1) is 5.41 Å². The Labute approximate surface area is 175 Å². The molecular formula is C22H27N3O5. The molecule has 0 fully saturated rings. The second kappa shape index (κ2) is 12.8. The molecule has 30 heavy (non-hydrogen) atoms. The predicted molar refractivity (Wildman–Crippen MR) is 112 cm³/mol. The summed E-state index contributed by atoms with van der Waals surface area (Å²) in [7, 11) is 0. The van der Waals surface area contributed by atoms with Gasteiger partial charge in [0.25, 0.3) is 6.02 Å². The fraction of sp³-hybridized carbons (Fsp3) is 0.318. The van der Waals surface area contributed by atoms with Crippen molar-refractivity contribution in [2.24, 2.45) is 0 Å². The van der Waals surface area contributed by atoms with Crippen molar-refractivity contribution in [2.75, 3.05) is 6.54 Å². The van der Waals surface area contributed by atoms with Gasteiger partial charge in [-0.25, -0.2) is 9.59 Å². The van der Waals surface area contributed by atoms with E-state index in [2.05, 4.69) is 10.6 Å². The topological polar surface area (TPSA) is 121 Å². The van der Waals surface area contributed by atoms with Crippen molar-refractivity contribution in [3.05, 3.63) is 71.8 Å². The number of ether oxygens (including phenoxy) is 2. The zero-order valence-corrected chi connectivity index (χ0v) is 16.7. The van der Waals surface area contributed by atoms with E-state index in [1.165, 1.54) is 0 Å². The van der Waals surface area contributed by atoms with Crippen molar-refractivity contribution >= 4 is 18.1 Å². The summed E-state index contributed by atoms with van der Waals surface area (Å²) in [5.74, 6) is -1.06. The summed E-state index contributed by atoms with van der Waals surface area (Å²) in [4.78, 5) is 23.1. The molecule has 1 amide bonds. The number of amidine groups is 1. The van der Waals surface area contributed by atoms with Crippen molar-refractivity contribution < 1.29 is 24.2 Å². The van der Waals surface area contributed by atoms with E-state index in [1.807, 2.05) is 60.7 Å². The fourth-order valence-corrected chi connectivity index (χ4v) is 2.63. The van der Waals surface area contributed by atoms with E-state index >= 15 is 0 Å². The van der Waals surface area contributed by atoms with Crippen LogP contribution in [-0.2, 0) is 27.5 Å². The van der Waals surface area contributed by atoms with Crippen molar-refractivity contribution in [1.82, 2.24) is 10.6 Å². The Morgan fingerprint density at radius 2 is 1.47 bits per heavy atom. The molecule has 2 aromatic rings. The van der Waals surface area contributed by atoms with E-state index in [0.717, 1.165) is 11.1 Å². The molecule has 0 bridgehead atoms. The van der Waals surface area contributed by atoms with Gasteiger partial charge in [0.1, 0.15) is 19.3 Å². The maximum Gasteiger partial charge on any atom is 0.407 e. The number of carbonyl (C=O) groups is 2.